The fourth-order valence-corrected chi connectivity index (χ4v) is 6.25. The fourth-order valence-electron chi connectivity index (χ4n) is 6.25. The largest absolute Gasteiger partial charge is 0.378 e. The van der Waals surface area contributed by atoms with Crippen molar-refractivity contribution in [2.75, 3.05) is 6.61 Å². The van der Waals surface area contributed by atoms with Crippen LogP contribution in [0.2, 0.25) is 0 Å². The standard InChI is InChI=1S/C25H46O/c1-3-5-6-21-11-17-25(18-12-21)26-19-22-9-15-24(16-10-22)23-13-7-20(4-2)8-14-23/h20-25H,3-19H2,1-2H3. The third-order valence-electron chi connectivity index (χ3n) is 8.35. The van der Waals surface area contributed by atoms with E-state index in [1.54, 1.807) is 0 Å². The molecule has 3 aliphatic carbocycles. The van der Waals surface area contributed by atoms with E-state index < -0.39 is 0 Å². The zero-order valence-electron chi connectivity index (χ0n) is 17.9. The van der Waals surface area contributed by atoms with Gasteiger partial charge in [-0.25, -0.2) is 0 Å². The molecule has 1 heteroatoms. The van der Waals surface area contributed by atoms with E-state index >= 15 is 0 Å². The summed E-state index contributed by atoms with van der Waals surface area (Å²) < 4.78 is 6.38. The SMILES string of the molecule is CCCCC1CCC(OCC2CCC(C3CCC(CC)CC3)CC2)CC1. The molecule has 0 aliphatic heterocycles. The Morgan fingerprint density at radius 3 is 1.69 bits per heavy atom. The molecule has 0 bridgehead atoms. The molecule has 0 atom stereocenters. The quantitative estimate of drug-likeness (QED) is 0.428. The highest BCUT2D eigenvalue weighted by atomic mass is 16.5. The van der Waals surface area contributed by atoms with Gasteiger partial charge in [0.1, 0.15) is 0 Å². The molecule has 0 aromatic carbocycles. The lowest BCUT2D eigenvalue weighted by molar-refractivity contribution is -0.0130. The Bertz CT molecular complexity index is 354. The molecule has 0 aromatic heterocycles. The second-order valence-corrected chi connectivity index (χ2v) is 10.1. The monoisotopic (exact) mass is 362 g/mol. The average Bonchev–Trinajstić information content (AvgIpc) is 2.72. The smallest absolute Gasteiger partial charge is 0.0575 e. The predicted molar refractivity (Wildman–Crippen MR) is 112 cm³/mol. The fraction of sp³-hybridized carbons (Fsp3) is 1.00. The van der Waals surface area contributed by atoms with Crippen molar-refractivity contribution in [2.45, 2.75) is 123 Å². The Morgan fingerprint density at radius 1 is 0.615 bits per heavy atom. The number of ether oxygens (including phenoxy) is 1. The molecule has 0 saturated heterocycles. The Hall–Kier alpha value is -0.0400. The third-order valence-corrected chi connectivity index (χ3v) is 8.35. The van der Waals surface area contributed by atoms with Crippen molar-refractivity contribution in [1.29, 1.82) is 0 Å². The van der Waals surface area contributed by atoms with Crippen molar-refractivity contribution in [3.05, 3.63) is 0 Å². The summed E-state index contributed by atoms with van der Waals surface area (Å²) in [4.78, 5) is 0. The van der Waals surface area contributed by atoms with Crippen LogP contribution in [0.25, 0.3) is 0 Å². The predicted octanol–water partition coefficient (Wildman–Crippen LogP) is 7.77. The van der Waals surface area contributed by atoms with Crippen LogP contribution in [0.5, 0.6) is 0 Å². The summed E-state index contributed by atoms with van der Waals surface area (Å²) in [6, 6.07) is 0. The van der Waals surface area contributed by atoms with Gasteiger partial charge in [0.2, 0.25) is 0 Å². The van der Waals surface area contributed by atoms with Crippen LogP contribution in [0, 0.1) is 29.6 Å². The first-order chi connectivity index (χ1) is 12.8. The molecule has 0 spiro atoms. The molecule has 0 heterocycles. The molecule has 0 N–H and O–H groups in total. The molecule has 152 valence electrons. The van der Waals surface area contributed by atoms with E-state index in [1.165, 1.54) is 103 Å². The lowest BCUT2D eigenvalue weighted by Crippen LogP contribution is -2.29. The Balaban J connectivity index is 1.27. The minimum Gasteiger partial charge on any atom is -0.378 e. The van der Waals surface area contributed by atoms with Crippen molar-refractivity contribution in [2.24, 2.45) is 29.6 Å². The zero-order valence-corrected chi connectivity index (χ0v) is 17.9. The van der Waals surface area contributed by atoms with E-state index in [-0.39, 0.29) is 0 Å². The number of hydrogen-bond donors (Lipinski definition) is 0. The van der Waals surface area contributed by atoms with E-state index in [0.717, 1.165) is 36.2 Å². The van der Waals surface area contributed by atoms with Gasteiger partial charge >= 0.3 is 0 Å². The van der Waals surface area contributed by atoms with Crippen LogP contribution in [0.1, 0.15) is 117 Å². The maximum Gasteiger partial charge on any atom is 0.0575 e. The molecule has 26 heavy (non-hydrogen) atoms. The molecule has 3 aliphatic rings. The highest BCUT2D eigenvalue weighted by Crippen LogP contribution is 2.42. The molecule has 3 rings (SSSR count). The van der Waals surface area contributed by atoms with Crippen LogP contribution in [0.4, 0.5) is 0 Å². The van der Waals surface area contributed by atoms with E-state index in [0.29, 0.717) is 6.10 Å². The van der Waals surface area contributed by atoms with Gasteiger partial charge in [-0.05, 0) is 93.8 Å². The normalized spacial score (nSPS) is 39.0. The molecular formula is C25H46O. The second kappa shape index (κ2) is 11.1. The van der Waals surface area contributed by atoms with Crippen molar-refractivity contribution in [1.82, 2.24) is 0 Å². The summed E-state index contributed by atoms with van der Waals surface area (Å²) in [6.45, 7) is 5.77. The molecule has 3 saturated carbocycles. The second-order valence-electron chi connectivity index (χ2n) is 10.1. The maximum atomic E-state index is 6.38. The van der Waals surface area contributed by atoms with Crippen molar-refractivity contribution in [3.8, 4) is 0 Å². The first kappa shape index (κ1) is 20.7. The molecule has 0 unspecified atom stereocenters. The van der Waals surface area contributed by atoms with E-state index in [2.05, 4.69) is 13.8 Å². The minimum atomic E-state index is 0.593. The van der Waals surface area contributed by atoms with Crippen molar-refractivity contribution < 1.29 is 4.74 Å². The summed E-state index contributed by atoms with van der Waals surface area (Å²) in [6.07, 6.45) is 23.8. The Morgan fingerprint density at radius 2 is 1.15 bits per heavy atom. The molecule has 0 radical (unpaired) electrons. The van der Waals surface area contributed by atoms with Gasteiger partial charge in [0.15, 0.2) is 0 Å². The molecule has 1 nitrogen and oxygen atoms in total. The van der Waals surface area contributed by atoms with Crippen LogP contribution in [-0.4, -0.2) is 12.7 Å². The van der Waals surface area contributed by atoms with Crippen LogP contribution in [-0.2, 0) is 4.74 Å². The highest BCUT2D eigenvalue weighted by molar-refractivity contribution is 4.82. The summed E-state index contributed by atoms with van der Waals surface area (Å²) in [7, 11) is 0. The summed E-state index contributed by atoms with van der Waals surface area (Å²) in [5.74, 6) is 5.05. The van der Waals surface area contributed by atoms with Crippen LogP contribution < -0.4 is 0 Å². The van der Waals surface area contributed by atoms with Crippen LogP contribution in [0.3, 0.4) is 0 Å². The van der Waals surface area contributed by atoms with Gasteiger partial charge in [-0.15, -0.1) is 0 Å². The highest BCUT2D eigenvalue weighted by Gasteiger charge is 2.31. The van der Waals surface area contributed by atoms with Crippen LogP contribution >= 0.6 is 0 Å². The molecule has 0 aromatic rings. The first-order valence-corrected chi connectivity index (χ1v) is 12.4. The van der Waals surface area contributed by atoms with Gasteiger partial charge in [0.25, 0.3) is 0 Å². The molecule has 3 fully saturated rings. The molecular weight excluding hydrogens is 316 g/mol. The summed E-state index contributed by atoms with van der Waals surface area (Å²) in [5.41, 5.74) is 0. The lowest BCUT2D eigenvalue weighted by Gasteiger charge is -2.38. The maximum absolute atomic E-state index is 6.38. The first-order valence-electron chi connectivity index (χ1n) is 12.4. The molecule has 0 amide bonds. The number of unbranched alkanes of at least 4 members (excludes halogenated alkanes) is 1. The van der Waals surface area contributed by atoms with Crippen LogP contribution in [0.15, 0.2) is 0 Å². The van der Waals surface area contributed by atoms with E-state index in [4.69, 9.17) is 4.74 Å². The topological polar surface area (TPSA) is 9.23 Å². The zero-order chi connectivity index (χ0) is 18.2. The van der Waals surface area contributed by atoms with Gasteiger partial charge in [0, 0.05) is 6.61 Å². The van der Waals surface area contributed by atoms with Gasteiger partial charge in [-0.3, -0.25) is 0 Å². The average molecular weight is 363 g/mol. The van der Waals surface area contributed by atoms with E-state index in [1.807, 2.05) is 0 Å². The third kappa shape index (κ3) is 6.25. The van der Waals surface area contributed by atoms with Crippen molar-refractivity contribution >= 4 is 0 Å². The summed E-state index contributed by atoms with van der Waals surface area (Å²) in [5, 5.41) is 0. The Kier molecular flexibility index (Phi) is 8.82. The van der Waals surface area contributed by atoms with Gasteiger partial charge in [0.05, 0.1) is 6.10 Å². The summed E-state index contributed by atoms with van der Waals surface area (Å²) >= 11 is 0. The van der Waals surface area contributed by atoms with Gasteiger partial charge in [-0.1, -0.05) is 52.4 Å². The minimum absolute atomic E-state index is 0.593. The Labute approximate surface area is 164 Å². The van der Waals surface area contributed by atoms with Gasteiger partial charge < -0.3 is 4.74 Å². The van der Waals surface area contributed by atoms with Gasteiger partial charge in [-0.2, -0.15) is 0 Å². The van der Waals surface area contributed by atoms with E-state index in [9.17, 15) is 0 Å². The lowest BCUT2D eigenvalue weighted by atomic mass is 9.69. The van der Waals surface area contributed by atoms with Crippen molar-refractivity contribution in [3.63, 3.8) is 0 Å². The number of rotatable bonds is 8. The number of hydrogen-bond acceptors (Lipinski definition) is 1.